The Labute approximate surface area is 108 Å². The van der Waals surface area contributed by atoms with E-state index in [9.17, 15) is 31.1 Å². The maximum Gasteiger partial charge on any atom is 0.454 e. The second-order valence-electron chi connectivity index (χ2n) is 3.36. The van der Waals surface area contributed by atoms with Crippen LogP contribution < -0.4 is 5.73 Å². The van der Waals surface area contributed by atoms with Gasteiger partial charge in [-0.2, -0.15) is 17.6 Å². The van der Waals surface area contributed by atoms with Gasteiger partial charge in [-0.3, -0.25) is 0 Å². The van der Waals surface area contributed by atoms with Crippen LogP contribution in [0.4, 0.5) is 32.0 Å². The average molecular weight is 305 g/mol. The lowest BCUT2D eigenvalue weighted by atomic mass is 10.2. The molecule has 0 fully saturated rings. The first-order valence-electron chi connectivity index (χ1n) is 4.75. The molecule has 1 unspecified atom stereocenters. The van der Waals surface area contributed by atoms with Gasteiger partial charge in [0.05, 0.1) is 5.56 Å². The average Bonchev–Trinajstić information content (AvgIpc) is 2.28. The highest BCUT2D eigenvalue weighted by Crippen LogP contribution is 2.36. The highest BCUT2D eigenvalue weighted by molar-refractivity contribution is 5.93. The third kappa shape index (κ3) is 4.61. The maximum absolute atomic E-state index is 11.4. The van der Waals surface area contributed by atoms with E-state index < -0.39 is 24.4 Å². The molecule has 0 saturated carbocycles. The SMILES string of the molecule is Nc1ccccc1C(=O)O.OC(F)(C(F)F)C(F)(F)F. The van der Waals surface area contributed by atoms with E-state index in [0.29, 0.717) is 5.69 Å². The molecule has 0 aromatic heterocycles. The predicted octanol–water partition coefficient (Wildman–Crippen LogP) is 2.44. The summed E-state index contributed by atoms with van der Waals surface area (Å²) in [4.78, 5) is 10.3. The fourth-order valence-corrected chi connectivity index (χ4v) is 0.815. The van der Waals surface area contributed by atoms with Crippen molar-refractivity contribution in [2.24, 2.45) is 0 Å². The van der Waals surface area contributed by atoms with Gasteiger partial charge >= 0.3 is 24.4 Å². The predicted molar refractivity (Wildman–Crippen MR) is 55.9 cm³/mol. The van der Waals surface area contributed by atoms with Gasteiger partial charge in [0.15, 0.2) is 0 Å². The molecular weight excluding hydrogens is 296 g/mol. The van der Waals surface area contributed by atoms with Crippen molar-refractivity contribution in [1.82, 2.24) is 0 Å². The Hall–Kier alpha value is -1.97. The van der Waals surface area contributed by atoms with Crippen LogP contribution in [0.2, 0.25) is 0 Å². The summed E-state index contributed by atoms with van der Waals surface area (Å²) >= 11 is 0. The first kappa shape index (κ1) is 18.0. The zero-order chi connectivity index (χ0) is 16.1. The Morgan fingerprint density at radius 1 is 1.15 bits per heavy atom. The molecule has 4 nitrogen and oxygen atoms in total. The van der Waals surface area contributed by atoms with Gasteiger partial charge in [-0.1, -0.05) is 12.1 Å². The molecule has 0 aliphatic rings. The number of anilines is 1. The smallest absolute Gasteiger partial charge is 0.454 e. The normalized spacial score (nSPS) is 14.2. The summed E-state index contributed by atoms with van der Waals surface area (Å²) in [5, 5.41) is 15.9. The number of aromatic carboxylic acids is 1. The number of rotatable bonds is 2. The Morgan fingerprint density at radius 2 is 1.60 bits per heavy atom. The van der Waals surface area contributed by atoms with Crippen molar-refractivity contribution in [3.05, 3.63) is 29.8 Å². The summed E-state index contributed by atoms with van der Waals surface area (Å²) in [6.07, 6.45) is -10.4. The minimum absolute atomic E-state index is 0.155. The van der Waals surface area contributed by atoms with Gasteiger partial charge in [-0.25, -0.2) is 13.6 Å². The van der Waals surface area contributed by atoms with Gasteiger partial charge < -0.3 is 15.9 Å². The van der Waals surface area contributed by atoms with Crippen LogP contribution >= 0.6 is 0 Å². The quantitative estimate of drug-likeness (QED) is 0.579. The number of nitrogen functional groups attached to an aromatic ring is 1. The number of para-hydroxylation sites is 1. The molecule has 0 amide bonds. The molecule has 0 aliphatic carbocycles. The van der Waals surface area contributed by atoms with Crippen molar-refractivity contribution in [3.8, 4) is 0 Å². The zero-order valence-corrected chi connectivity index (χ0v) is 9.53. The second-order valence-corrected chi connectivity index (χ2v) is 3.36. The summed E-state index contributed by atoms with van der Waals surface area (Å²) in [6.45, 7) is 0. The van der Waals surface area contributed by atoms with E-state index in [1.54, 1.807) is 18.2 Å². The van der Waals surface area contributed by atoms with Crippen molar-refractivity contribution in [2.75, 3.05) is 5.73 Å². The largest absolute Gasteiger partial charge is 0.478 e. The summed E-state index contributed by atoms with van der Waals surface area (Å²) in [5.74, 6) is -6.38. The minimum Gasteiger partial charge on any atom is -0.478 e. The molecule has 1 aromatic carbocycles. The second kappa shape index (κ2) is 6.46. The molecular formula is C10H9F6NO3. The van der Waals surface area contributed by atoms with E-state index in [4.69, 9.17) is 15.9 Å². The van der Waals surface area contributed by atoms with Crippen LogP contribution in [0.25, 0.3) is 0 Å². The van der Waals surface area contributed by atoms with E-state index >= 15 is 0 Å². The van der Waals surface area contributed by atoms with Gasteiger partial charge in [0.25, 0.3) is 0 Å². The van der Waals surface area contributed by atoms with Crippen LogP contribution in [0.3, 0.4) is 0 Å². The van der Waals surface area contributed by atoms with Crippen LogP contribution in [0.15, 0.2) is 24.3 Å². The summed E-state index contributed by atoms with van der Waals surface area (Å²) in [7, 11) is 0. The number of nitrogens with two attached hydrogens (primary N) is 1. The van der Waals surface area contributed by atoms with Crippen LogP contribution in [-0.2, 0) is 0 Å². The first-order chi connectivity index (χ1) is 8.91. The van der Waals surface area contributed by atoms with Crippen LogP contribution in [0.1, 0.15) is 10.4 Å². The fraction of sp³-hybridized carbons (Fsp3) is 0.300. The number of hydrogen-bond donors (Lipinski definition) is 3. The molecule has 4 N–H and O–H groups in total. The Bertz CT molecular complexity index is 461. The van der Waals surface area contributed by atoms with E-state index in [0.717, 1.165) is 0 Å². The minimum atomic E-state index is -5.94. The molecule has 0 heterocycles. The summed E-state index contributed by atoms with van der Waals surface area (Å²) < 4.78 is 66.3. The lowest BCUT2D eigenvalue weighted by Gasteiger charge is -2.20. The fourth-order valence-electron chi connectivity index (χ4n) is 0.815. The topological polar surface area (TPSA) is 83.6 Å². The number of carboxylic acids is 1. The number of hydrogen-bond acceptors (Lipinski definition) is 3. The van der Waals surface area contributed by atoms with Crippen molar-refractivity contribution < 1.29 is 41.4 Å². The Kier molecular flexibility index (Phi) is 5.82. The van der Waals surface area contributed by atoms with Gasteiger partial charge in [-0.05, 0) is 12.1 Å². The van der Waals surface area contributed by atoms with E-state index in [1.165, 1.54) is 6.07 Å². The molecule has 10 heteroatoms. The number of carbonyl (C=O) groups is 1. The van der Waals surface area contributed by atoms with Crippen molar-refractivity contribution in [2.45, 2.75) is 18.5 Å². The van der Waals surface area contributed by atoms with Crippen LogP contribution in [-0.4, -0.2) is 34.6 Å². The monoisotopic (exact) mass is 305 g/mol. The highest BCUT2D eigenvalue weighted by Gasteiger charge is 2.62. The maximum atomic E-state index is 11.4. The lowest BCUT2D eigenvalue weighted by molar-refractivity contribution is -0.352. The molecule has 20 heavy (non-hydrogen) atoms. The molecule has 0 bridgehead atoms. The summed E-state index contributed by atoms with van der Waals surface area (Å²) in [6, 6.07) is 6.36. The Balaban J connectivity index is 0.000000361. The van der Waals surface area contributed by atoms with E-state index in [1.807, 2.05) is 0 Å². The number of halogens is 6. The first-order valence-corrected chi connectivity index (χ1v) is 4.75. The molecule has 0 aliphatic heterocycles. The molecule has 1 rings (SSSR count). The van der Waals surface area contributed by atoms with E-state index in [-0.39, 0.29) is 5.56 Å². The van der Waals surface area contributed by atoms with E-state index in [2.05, 4.69) is 0 Å². The number of alkyl halides is 6. The molecule has 114 valence electrons. The number of carboxylic acid groups (broad SMARTS) is 1. The highest BCUT2D eigenvalue weighted by atomic mass is 19.4. The lowest BCUT2D eigenvalue weighted by Crippen LogP contribution is -2.47. The van der Waals surface area contributed by atoms with Crippen molar-refractivity contribution in [3.63, 3.8) is 0 Å². The third-order valence-corrected chi connectivity index (χ3v) is 1.88. The van der Waals surface area contributed by atoms with Gasteiger partial charge in [-0.15, -0.1) is 0 Å². The van der Waals surface area contributed by atoms with Gasteiger partial charge in [0.2, 0.25) is 0 Å². The third-order valence-electron chi connectivity index (χ3n) is 1.88. The molecule has 1 atom stereocenters. The number of benzene rings is 1. The van der Waals surface area contributed by atoms with Crippen LogP contribution in [0, 0.1) is 0 Å². The van der Waals surface area contributed by atoms with Crippen molar-refractivity contribution >= 4 is 11.7 Å². The molecule has 1 aromatic rings. The number of aliphatic hydroxyl groups is 1. The molecule has 0 saturated heterocycles. The molecule has 0 radical (unpaired) electrons. The van der Waals surface area contributed by atoms with Gasteiger partial charge in [0.1, 0.15) is 0 Å². The Morgan fingerprint density at radius 3 is 1.80 bits per heavy atom. The summed E-state index contributed by atoms with van der Waals surface area (Å²) in [5.41, 5.74) is 5.80. The van der Waals surface area contributed by atoms with Gasteiger partial charge in [0, 0.05) is 5.69 Å². The van der Waals surface area contributed by atoms with Crippen LogP contribution in [0.5, 0.6) is 0 Å². The zero-order valence-electron chi connectivity index (χ0n) is 9.53. The van der Waals surface area contributed by atoms with Crippen molar-refractivity contribution in [1.29, 1.82) is 0 Å². The molecule has 0 spiro atoms. The standard InChI is InChI=1S/C7H7NO2.C3H2F6O/c8-6-4-2-1-3-5(6)7(9)10;4-1(5)2(6,10)3(7,8)9/h1-4H,8H2,(H,9,10);1,10H.